The Bertz CT molecular complexity index is 301. The molecule has 0 aliphatic rings. The van der Waals surface area contributed by atoms with E-state index in [1.807, 2.05) is 0 Å². The fourth-order valence-electron chi connectivity index (χ4n) is 0.465. The van der Waals surface area contributed by atoms with Crippen molar-refractivity contribution in [2.45, 2.75) is 13.3 Å². The molecule has 5 nitrogen and oxygen atoms in total. The van der Waals surface area contributed by atoms with Crippen molar-refractivity contribution >= 4 is 11.9 Å². The van der Waals surface area contributed by atoms with Crippen molar-refractivity contribution in [1.82, 2.24) is 0 Å². The lowest BCUT2D eigenvalue weighted by Gasteiger charge is -1.90. The van der Waals surface area contributed by atoms with Crippen molar-refractivity contribution in [2.75, 3.05) is 7.11 Å². The first-order valence-electron chi connectivity index (χ1n) is 4.33. The summed E-state index contributed by atoms with van der Waals surface area (Å²) in [5, 5.41) is 16.5. The third-order valence-corrected chi connectivity index (χ3v) is 1.35. The van der Waals surface area contributed by atoms with Crippen molar-refractivity contribution in [3.63, 3.8) is 0 Å². The maximum absolute atomic E-state index is 10.1. The van der Waals surface area contributed by atoms with Gasteiger partial charge in [0, 0.05) is 5.57 Å². The second kappa shape index (κ2) is 9.51. The first kappa shape index (κ1) is 16.4. The van der Waals surface area contributed by atoms with Gasteiger partial charge in [-0.3, -0.25) is 0 Å². The van der Waals surface area contributed by atoms with Crippen LogP contribution in [0, 0.1) is 0 Å². The van der Waals surface area contributed by atoms with Gasteiger partial charge in [-0.1, -0.05) is 12.2 Å². The second-order valence-electron chi connectivity index (χ2n) is 2.65. The van der Waals surface area contributed by atoms with Crippen molar-refractivity contribution in [3.05, 3.63) is 36.6 Å². The molecule has 0 aromatic heterocycles. The van der Waals surface area contributed by atoms with E-state index in [1.54, 1.807) is 19.1 Å². The Morgan fingerprint density at radius 3 is 2.06 bits per heavy atom. The number of aliphatic carboxylic acids is 1. The fourth-order valence-corrected chi connectivity index (χ4v) is 0.465. The summed E-state index contributed by atoms with van der Waals surface area (Å²) in [6, 6.07) is 0. The number of esters is 1. The van der Waals surface area contributed by atoms with E-state index in [4.69, 9.17) is 10.2 Å². The van der Waals surface area contributed by atoms with Gasteiger partial charge >= 0.3 is 11.9 Å². The van der Waals surface area contributed by atoms with Crippen molar-refractivity contribution in [3.8, 4) is 0 Å². The highest BCUT2D eigenvalue weighted by molar-refractivity contribution is 5.85. The summed E-state index contributed by atoms with van der Waals surface area (Å²) in [5.74, 6) is -2.22. The molecule has 0 atom stereocenters. The van der Waals surface area contributed by atoms with Gasteiger partial charge in [0.2, 0.25) is 0 Å². The lowest BCUT2D eigenvalue weighted by atomic mass is 10.2. The van der Waals surface area contributed by atoms with E-state index in [0.717, 1.165) is 0 Å². The molecular formula is C11H16O5. The van der Waals surface area contributed by atoms with Crippen LogP contribution in [0.15, 0.2) is 36.6 Å². The molecule has 0 aliphatic heterocycles. The van der Waals surface area contributed by atoms with Crippen LogP contribution in [-0.4, -0.2) is 29.3 Å². The SMILES string of the molecule is C=C(O)C(=O)OC.C=CCC=C(C)C(=O)O. The third-order valence-electron chi connectivity index (χ3n) is 1.35. The summed E-state index contributed by atoms with van der Waals surface area (Å²) in [7, 11) is 1.17. The van der Waals surface area contributed by atoms with Gasteiger partial charge in [0.1, 0.15) is 0 Å². The number of aliphatic hydroxyl groups is 1. The largest absolute Gasteiger partial charge is 0.502 e. The molecule has 0 unspecified atom stereocenters. The first-order valence-corrected chi connectivity index (χ1v) is 4.33. The zero-order chi connectivity index (χ0) is 13.1. The highest BCUT2D eigenvalue weighted by Crippen LogP contribution is 1.94. The van der Waals surface area contributed by atoms with Gasteiger partial charge in [-0.15, -0.1) is 6.58 Å². The predicted molar refractivity (Wildman–Crippen MR) is 60.0 cm³/mol. The van der Waals surface area contributed by atoms with E-state index in [9.17, 15) is 9.59 Å². The summed E-state index contributed by atoms with van der Waals surface area (Å²) in [5.41, 5.74) is 0.370. The van der Waals surface area contributed by atoms with Crippen LogP contribution in [0.2, 0.25) is 0 Å². The van der Waals surface area contributed by atoms with E-state index in [2.05, 4.69) is 17.9 Å². The molecule has 0 radical (unpaired) electrons. The van der Waals surface area contributed by atoms with E-state index in [0.29, 0.717) is 12.0 Å². The van der Waals surface area contributed by atoms with Gasteiger partial charge in [0.15, 0.2) is 5.76 Å². The average molecular weight is 228 g/mol. The molecule has 0 aromatic carbocycles. The Balaban J connectivity index is 0. The Hall–Kier alpha value is -2.04. The second-order valence-corrected chi connectivity index (χ2v) is 2.65. The molecule has 0 saturated heterocycles. The minimum absolute atomic E-state index is 0.370. The van der Waals surface area contributed by atoms with Crippen LogP contribution >= 0.6 is 0 Å². The van der Waals surface area contributed by atoms with Crippen LogP contribution in [0.3, 0.4) is 0 Å². The van der Waals surface area contributed by atoms with Gasteiger partial charge in [-0.05, 0) is 19.9 Å². The Kier molecular flexibility index (Phi) is 9.75. The number of methoxy groups -OCH3 is 1. The number of rotatable bonds is 4. The topological polar surface area (TPSA) is 83.8 Å². The predicted octanol–water partition coefficient (Wildman–Crippen LogP) is 1.82. The van der Waals surface area contributed by atoms with Crippen LogP contribution in [-0.2, 0) is 14.3 Å². The number of carboxylic acid groups (broad SMARTS) is 1. The van der Waals surface area contributed by atoms with Crippen molar-refractivity contribution in [1.29, 1.82) is 0 Å². The number of allylic oxidation sites excluding steroid dienone is 2. The summed E-state index contributed by atoms with van der Waals surface area (Å²) in [6.07, 6.45) is 3.90. The number of hydrogen-bond donors (Lipinski definition) is 2. The Morgan fingerprint density at radius 2 is 1.88 bits per heavy atom. The Labute approximate surface area is 94.4 Å². The molecule has 0 amide bonds. The van der Waals surface area contributed by atoms with E-state index in [-0.39, 0.29) is 0 Å². The van der Waals surface area contributed by atoms with Gasteiger partial charge in [0.05, 0.1) is 7.11 Å². The highest BCUT2D eigenvalue weighted by atomic mass is 16.5. The van der Waals surface area contributed by atoms with Crippen LogP contribution in [0.4, 0.5) is 0 Å². The molecule has 0 spiro atoms. The van der Waals surface area contributed by atoms with Gasteiger partial charge in [-0.2, -0.15) is 0 Å². The smallest absolute Gasteiger partial charge is 0.372 e. The maximum atomic E-state index is 10.1. The van der Waals surface area contributed by atoms with Gasteiger partial charge < -0.3 is 14.9 Å². The van der Waals surface area contributed by atoms with Crippen molar-refractivity contribution < 1.29 is 24.5 Å². The Morgan fingerprint density at radius 1 is 1.38 bits per heavy atom. The highest BCUT2D eigenvalue weighted by Gasteiger charge is 1.99. The van der Waals surface area contributed by atoms with E-state index < -0.39 is 17.7 Å². The number of aliphatic hydroxyl groups excluding tert-OH is 1. The zero-order valence-electron chi connectivity index (χ0n) is 9.40. The molecular weight excluding hydrogens is 212 g/mol. The molecule has 2 N–H and O–H groups in total. The normalized spacial score (nSPS) is 9.50. The summed E-state index contributed by atoms with van der Waals surface area (Å²) in [6.45, 7) is 7.92. The maximum Gasteiger partial charge on any atom is 0.372 e. The van der Waals surface area contributed by atoms with Crippen LogP contribution in [0.5, 0.6) is 0 Å². The molecule has 0 rings (SSSR count). The number of carbonyl (C=O) groups is 2. The quantitative estimate of drug-likeness (QED) is 0.332. The molecule has 90 valence electrons. The lowest BCUT2D eigenvalue weighted by Crippen LogP contribution is -2.01. The summed E-state index contributed by atoms with van der Waals surface area (Å²) < 4.78 is 4.02. The van der Waals surface area contributed by atoms with E-state index in [1.165, 1.54) is 7.11 Å². The van der Waals surface area contributed by atoms with Crippen molar-refractivity contribution in [2.24, 2.45) is 0 Å². The first-order chi connectivity index (χ1) is 7.36. The molecule has 16 heavy (non-hydrogen) atoms. The van der Waals surface area contributed by atoms with Gasteiger partial charge in [-0.25, -0.2) is 9.59 Å². The molecule has 0 heterocycles. The number of ether oxygens (including phenoxy) is 1. The lowest BCUT2D eigenvalue weighted by molar-refractivity contribution is -0.139. The van der Waals surface area contributed by atoms with E-state index >= 15 is 0 Å². The third kappa shape index (κ3) is 10.0. The monoisotopic (exact) mass is 228 g/mol. The fraction of sp³-hybridized carbons (Fsp3) is 0.273. The van der Waals surface area contributed by atoms with Crippen LogP contribution in [0.1, 0.15) is 13.3 Å². The summed E-state index contributed by atoms with van der Waals surface area (Å²) >= 11 is 0. The average Bonchev–Trinajstić information content (AvgIpc) is 2.25. The summed E-state index contributed by atoms with van der Waals surface area (Å²) in [4.78, 5) is 20.0. The number of carboxylic acids is 1. The molecule has 0 bridgehead atoms. The standard InChI is InChI=1S/C7H10O2.C4H6O3/c1-3-4-5-6(2)7(8)9;1-3(5)4(6)7-2/h3,5H,1,4H2,2H3,(H,8,9);5H,1H2,2H3. The van der Waals surface area contributed by atoms with Crippen LogP contribution in [0.25, 0.3) is 0 Å². The minimum atomic E-state index is -0.864. The van der Waals surface area contributed by atoms with Gasteiger partial charge in [0.25, 0.3) is 0 Å². The molecule has 0 fully saturated rings. The van der Waals surface area contributed by atoms with Crippen LogP contribution < -0.4 is 0 Å². The zero-order valence-corrected chi connectivity index (χ0v) is 9.40. The number of hydrogen-bond acceptors (Lipinski definition) is 4. The minimum Gasteiger partial charge on any atom is -0.502 e. The molecule has 0 aromatic rings. The molecule has 0 saturated carbocycles. The number of carbonyl (C=O) groups excluding carboxylic acids is 1. The molecule has 0 aliphatic carbocycles. The molecule has 5 heteroatoms.